The highest BCUT2D eigenvalue weighted by atomic mass is 35.5. The number of nitrogens with zero attached hydrogens (tertiary/aromatic N) is 2. The molecule has 0 atom stereocenters. The normalized spacial score (nSPS) is 14.9. The molecule has 1 aromatic carbocycles. The van der Waals surface area contributed by atoms with E-state index in [1.165, 1.54) is 0 Å². The minimum atomic E-state index is 0.379. The zero-order valence-corrected chi connectivity index (χ0v) is 10.5. The Hall–Kier alpha value is -2.23. The van der Waals surface area contributed by atoms with Crippen molar-refractivity contribution in [3.8, 4) is 12.1 Å². The number of benzene rings is 1. The van der Waals surface area contributed by atoms with Crippen molar-refractivity contribution in [3.05, 3.63) is 51.7 Å². The first kappa shape index (κ1) is 12.2. The molecule has 0 radical (unpaired) electrons. The van der Waals surface area contributed by atoms with Gasteiger partial charge in [-0.05, 0) is 24.6 Å². The zero-order chi connectivity index (χ0) is 13.1. The van der Waals surface area contributed by atoms with Crippen LogP contribution >= 0.6 is 11.6 Å². The van der Waals surface area contributed by atoms with Crippen molar-refractivity contribution in [2.45, 2.75) is 13.3 Å². The van der Waals surface area contributed by atoms with Crippen LogP contribution in [-0.4, -0.2) is 0 Å². The molecular weight excluding hydrogens is 246 g/mol. The first-order chi connectivity index (χ1) is 8.65. The summed E-state index contributed by atoms with van der Waals surface area (Å²) in [7, 11) is 0. The van der Waals surface area contributed by atoms with Crippen molar-refractivity contribution in [1.82, 2.24) is 5.32 Å². The maximum absolute atomic E-state index is 9.17. The summed E-state index contributed by atoms with van der Waals surface area (Å²) in [5.41, 5.74) is 3.61. The molecule has 1 aliphatic heterocycles. The summed E-state index contributed by atoms with van der Waals surface area (Å²) in [6.45, 7) is 1.84. The van der Waals surface area contributed by atoms with Crippen LogP contribution in [0, 0.1) is 22.7 Å². The smallest absolute Gasteiger partial charge is 0.0973 e. The van der Waals surface area contributed by atoms with E-state index < -0.39 is 0 Å². The van der Waals surface area contributed by atoms with E-state index >= 15 is 0 Å². The van der Waals surface area contributed by atoms with Crippen molar-refractivity contribution in [2.75, 3.05) is 0 Å². The van der Waals surface area contributed by atoms with E-state index in [0.717, 1.165) is 17.0 Å². The molecule has 1 N–H and O–H groups in total. The Labute approximate surface area is 111 Å². The molecule has 18 heavy (non-hydrogen) atoms. The Bertz CT molecular complexity index is 624. The number of allylic oxidation sites excluding steroid dienone is 3. The van der Waals surface area contributed by atoms with Gasteiger partial charge in [-0.2, -0.15) is 10.5 Å². The maximum atomic E-state index is 9.17. The van der Waals surface area contributed by atoms with E-state index in [4.69, 9.17) is 16.9 Å². The molecule has 0 saturated heterocycles. The lowest BCUT2D eigenvalue weighted by molar-refractivity contribution is 0.968. The average Bonchev–Trinajstić information content (AvgIpc) is 2.39. The molecule has 0 spiro atoms. The van der Waals surface area contributed by atoms with Crippen LogP contribution in [0.25, 0.3) is 5.70 Å². The summed E-state index contributed by atoms with van der Waals surface area (Å²) in [4.78, 5) is 0. The summed E-state index contributed by atoms with van der Waals surface area (Å²) in [6, 6.07) is 11.5. The molecule has 0 unspecified atom stereocenters. The molecule has 2 rings (SSSR count). The molecule has 0 saturated carbocycles. The van der Waals surface area contributed by atoms with Crippen LogP contribution < -0.4 is 5.32 Å². The molecule has 88 valence electrons. The molecule has 1 aromatic rings. The van der Waals surface area contributed by atoms with Gasteiger partial charge in [-0.1, -0.05) is 23.7 Å². The molecule has 0 bridgehead atoms. The topological polar surface area (TPSA) is 59.6 Å². The summed E-state index contributed by atoms with van der Waals surface area (Å²) < 4.78 is 0. The lowest BCUT2D eigenvalue weighted by atomic mass is 9.96. The number of dihydropyridines is 1. The predicted octanol–water partition coefficient (Wildman–Crippen LogP) is 3.37. The zero-order valence-electron chi connectivity index (χ0n) is 9.79. The number of halogens is 1. The predicted molar refractivity (Wildman–Crippen MR) is 70.1 cm³/mol. The number of nitrogens with one attached hydrogen (secondary N) is 1. The van der Waals surface area contributed by atoms with Crippen LogP contribution in [-0.2, 0) is 0 Å². The minimum absolute atomic E-state index is 0.379. The molecule has 1 aliphatic rings. The molecular formula is C14H10ClN3. The number of hydrogen-bond acceptors (Lipinski definition) is 3. The second-order valence-corrected chi connectivity index (χ2v) is 4.43. The van der Waals surface area contributed by atoms with Crippen molar-refractivity contribution in [1.29, 1.82) is 10.5 Å². The average molecular weight is 256 g/mol. The monoisotopic (exact) mass is 255 g/mol. The van der Waals surface area contributed by atoms with Crippen LogP contribution in [0.5, 0.6) is 0 Å². The second-order valence-electron chi connectivity index (χ2n) is 3.99. The standard InChI is InChI=1S/C14H10ClN3/c1-9-11(7-16)6-12(8-17)14(18-9)10-2-4-13(15)5-3-10/h2-5,18H,6H2,1H3. The van der Waals surface area contributed by atoms with Crippen LogP contribution in [0.1, 0.15) is 18.9 Å². The van der Waals surface area contributed by atoms with Crippen LogP contribution in [0.4, 0.5) is 0 Å². The Morgan fingerprint density at radius 3 is 2.28 bits per heavy atom. The van der Waals surface area contributed by atoms with Gasteiger partial charge in [0.1, 0.15) is 0 Å². The fraction of sp³-hybridized carbons (Fsp3) is 0.143. The fourth-order valence-electron chi connectivity index (χ4n) is 1.82. The van der Waals surface area contributed by atoms with Gasteiger partial charge in [0.05, 0.1) is 29.0 Å². The Morgan fingerprint density at radius 2 is 1.72 bits per heavy atom. The second kappa shape index (κ2) is 4.96. The summed E-state index contributed by atoms with van der Waals surface area (Å²) in [6.07, 6.45) is 0.379. The minimum Gasteiger partial charge on any atom is -0.357 e. The Kier molecular flexibility index (Phi) is 3.37. The number of hydrogen-bond donors (Lipinski definition) is 1. The molecule has 0 aromatic heterocycles. The van der Waals surface area contributed by atoms with Crippen molar-refractivity contribution < 1.29 is 0 Å². The van der Waals surface area contributed by atoms with Gasteiger partial charge in [-0.25, -0.2) is 0 Å². The van der Waals surface area contributed by atoms with Gasteiger partial charge < -0.3 is 5.32 Å². The molecule has 0 fully saturated rings. The largest absolute Gasteiger partial charge is 0.357 e. The van der Waals surface area contributed by atoms with Crippen molar-refractivity contribution in [2.24, 2.45) is 0 Å². The van der Waals surface area contributed by atoms with Crippen molar-refractivity contribution >= 4 is 17.3 Å². The van der Waals surface area contributed by atoms with Crippen LogP contribution in [0.3, 0.4) is 0 Å². The van der Waals surface area contributed by atoms with E-state index in [-0.39, 0.29) is 0 Å². The fourth-order valence-corrected chi connectivity index (χ4v) is 1.94. The van der Waals surface area contributed by atoms with Gasteiger partial charge in [0.15, 0.2) is 0 Å². The van der Waals surface area contributed by atoms with Crippen LogP contribution in [0.2, 0.25) is 5.02 Å². The highest BCUT2D eigenvalue weighted by molar-refractivity contribution is 6.30. The summed E-state index contributed by atoms with van der Waals surface area (Å²) in [5.74, 6) is 0. The first-order valence-corrected chi connectivity index (χ1v) is 5.79. The van der Waals surface area contributed by atoms with Gasteiger partial charge in [-0.15, -0.1) is 0 Å². The summed E-state index contributed by atoms with van der Waals surface area (Å²) >= 11 is 5.84. The number of rotatable bonds is 1. The third-order valence-electron chi connectivity index (χ3n) is 2.82. The van der Waals surface area contributed by atoms with E-state index in [0.29, 0.717) is 22.6 Å². The molecule has 3 nitrogen and oxygen atoms in total. The van der Waals surface area contributed by atoms with Crippen molar-refractivity contribution in [3.63, 3.8) is 0 Å². The highest BCUT2D eigenvalue weighted by Crippen LogP contribution is 2.28. The Balaban J connectivity index is 2.44. The van der Waals surface area contributed by atoms with E-state index in [2.05, 4.69) is 17.5 Å². The third kappa shape index (κ3) is 2.22. The van der Waals surface area contributed by atoms with Gasteiger partial charge in [0.25, 0.3) is 0 Å². The lowest BCUT2D eigenvalue weighted by Gasteiger charge is -2.20. The molecule has 0 aliphatic carbocycles. The quantitative estimate of drug-likeness (QED) is 0.837. The van der Waals surface area contributed by atoms with Gasteiger partial charge in [-0.3, -0.25) is 0 Å². The van der Waals surface area contributed by atoms with E-state index in [1.807, 2.05) is 19.1 Å². The molecule has 4 heteroatoms. The van der Waals surface area contributed by atoms with E-state index in [9.17, 15) is 5.26 Å². The molecule has 1 heterocycles. The SMILES string of the molecule is CC1=C(C#N)CC(C#N)=C(c2ccc(Cl)cc2)N1. The van der Waals surface area contributed by atoms with Gasteiger partial charge in [0, 0.05) is 17.1 Å². The van der Waals surface area contributed by atoms with Gasteiger partial charge in [0.2, 0.25) is 0 Å². The summed E-state index contributed by atoms with van der Waals surface area (Å²) in [5, 5.41) is 21.9. The lowest BCUT2D eigenvalue weighted by Crippen LogP contribution is -2.18. The van der Waals surface area contributed by atoms with E-state index in [1.54, 1.807) is 12.1 Å². The first-order valence-electron chi connectivity index (χ1n) is 5.41. The highest BCUT2D eigenvalue weighted by Gasteiger charge is 2.18. The van der Waals surface area contributed by atoms with Gasteiger partial charge >= 0.3 is 0 Å². The maximum Gasteiger partial charge on any atom is 0.0973 e. The number of nitriles is 2. The van der Waals surface area contributed by atoms with Crippen LogP contribution in [0.15, 0.2) is 41.1 Å². The third-order valence-corrected chi connectivity index (χ3v) is 3.08. The Morgan fingerprint density at radius 1 is 1.11 bits per heavy atom. The molecule has 0 amide bonds.